The van der Waals surface area contributed by atoms with Crippen LogP contribution in [0.5, 0.6) is 0 Å². The summed E-state index contributed by atoms with van der Waals surface area (Å²) in [5.74, 6) is 0.451. The van der Waals surface area contributed by atoms with Gasteiger partial charge in [0.05, 0.1) is 5.25 Å². The molecular formula is C10H20BrNO2S. The third kappa shape index (κ3) is 4.04. The monoisotopic (exact) mass is 297 g/mol. The van der Waals surface area contributed by atoms with Crippen LogP contribution >= 0.6 is 15.9 Å². The average molecular weight is 298 g/mol. The van der Waals surface area contributed by atoms with Crippen molar-refractivity contribution in [2.75, 3.05) is 6.54 Å². The van der Waals surface area contributed by atoms with Gasteiger partial charge in [0.15, 0.2) is 0 Å². The Bertz CT molecular complexity index is 290. The standard InChI is InChI=1S/C10H20BrNO2S/c1-8(2)15(13,14)12-7-9-5-3-4-6-10(9)11/h8-10,12H,3-7H2,1-2H3. The zero-order valence-electron chi connectivity index (χ0n) is 9.37. The summed E-state index contributed by atoms with van der Waals surface area (Å²) in [6, 6.07) is 0. The van der Waals surface area contributed by atoms with Crippen molar-refractivity contribution in [1.29, 1.82) is 0 Å². The minimum atomic E-state index is -3.09. The van der Waals surface area contributed by atoms with E-state index in [0.717, 1.165) is 12.8 Å². The summed E-state index contributed by atoms with van der Waals surface area (Å²) in [6.45, 7) is 3.99. The second kappa shape index (κ2) is 5.64. The van der Waals surface area contributed by atoms with E-state index in [2.05, 4.69) is 20.7 Å². The molecule has 0 radical (unpaired) electrons. The van der Waals surface area contributed by atoms with Gasteiger partial charge in [0.1, 0.15) is 0 Å². The van der Waals surface area contributed by atoms with Crippen LogP contribution in [-0.4, -0.2) is 25.0 Å². The van der Waals surface area contributed by atoms with Crippen molar-refractivity contribution in [3.8, 4) is 0 Å². The Morgan fingerprint density at radius 2 is 1.93 bits per heavy atom. The highest BCUT2D eigenvalue weighted by atomic mass is 79.9. The molecular weight excluding hydrogens is 278 g/mol. The molecule has 3 nitrogen and oxygen atoms in total. The lowest BCUT2D eigenvalue weighted by atomic mass is 9.89. The molecule has 90 valence electrons. The molecule has 0 saturated heterocycles. The van der Waals surface area contributed by atoms with Crippen molar-refractivity contribution in [3.63, 3.8) is 0 Å². The molecule has 2 unspecified atom stereocenters. The van der Waals surface area contributed by atoms with Gasteiger partial charge in [-0.15, -0.1) is 0 Å². The normalized spacial score (nSPS) is 28.3. The maximum absolute atomic E-state index is 11.6. The Kier molecular flexibility index (Phi) is 5.06. The van der Waals surface area contributed by atoms with Crippen molar-refractivity contribution >= 4 is 26.0 Å². The van der Waals surface area contributed by atoms with Gasteiger partial charge in [-0.3, -0.25) is 0 Å². The van der Waals surface area contributed by atoms with E-state index in [1.807, 2.05) is 0 Å². The molecule has 0 spiro atoms. The van der Waals surface area contributed by atoms with Gasteiger partial charge in [0.25, 0.3) is 0 Å². The van der Waals surface area contributed by atoms with E-state index >= 15 is 0 Å². The van der Waals surface area contributed by atoms with Crippen LogP contribution in [0.25, 0.3) is 0 Å². The van der Waals surface area contributed by atoms with Crippen LogP contribution in [0.3, 0.4) is 0 Å². The van der Waals surface area contributed by atoms with Gasteiger partial charge >= 0.3 is 0 Å². The summed E-state index contributed by atoms with van der Waals surface area (Å²) in [7, 11) is -3.09. The highest BCUT2D eigenvalue weighted by Gasteiger charge is 2.25. The number of alkyl halides is 1. The number of sulfonamides is 1. The Balaban J connectivity index is 2.42. The average Bonchev–Trinajstić information content (AvgIpc) is 2.16. The fraction of sp³-hybridized carbons (Fsp3) is 1.00. The van der Waals surface area contributed by atoms with Crippen molar-refractivity contribution in [2.45, 2.75) is 49.6 Å². The van der Waals surface area contributed by atoms with Gasteiger partial charge < -0.3 is 0 Å². The maximum atomic E-state index is 11.6. The topological polar surface area (TPSA) is 46.2 Å². The second-order valence-electron chi connectivity index (χ2n) is 4.50. The van der Waals surface area contributed by atoms with E-state index in [9.17, 15) is 8.42 Å². The fourth-order valence-corrected chi connectivity index (χ4v) is 3.34. The van der Waals surface area contributed by atoms with E-state index in [-0.39, 0.29) is 5.25 Å². The summed E-state index contributed by atoms with van der Waals surface area (Å²) in [6.07, 6.45) is 4.75. The van der Waals surface area contributed by atoms with Crippen molar-refractivity contribution in [1.82, 2.24) is 4.72 Å². The predicted octanol–water partition coefficient (Wildman–Crippen LogP) is 2.27. The van der Waals surface area contributed by atoms with Crippen LogP contribution < -0.4 is 4.72 Å². The molecule has 0 aromatic heterocycles. The van der Waals surface area contributed by atoms with Gasteiger partial charge in [-0.25, -0.2) is 13.1 Å². The largest absolute Gasteiger partial charge is 0.215 e. The third-order valence-electron chi connectivity index (χ3n) is 2.98. The zero-order valence-corrected chi connectivity index (χ0v) is 11.8. The van der Waals surface area contributed by atoms with Gasteiger partial charge in [0.2, 0.25) is 10.0 Å². The molecule has 1 aliphatic carbocycles. The first-order valence-corrected chi connectivity index (χ1v) is 8.02. The molecule has 0 heterocycles. The number of hydrogen-bond donors (Lipinski definition) is 1. The van der Waals surface area contributed by atoms with Crippen molar-refractivity contribution in [2.24, 2.45) is 5.92 Å². The fourth-order valence-electron chi connectivity index (χ4n) is 1.78. The Morgan fingerprint density at radius 3 is 2.47 bits per heavy atom. The molecule has 15 heavy (non-hydrogen) atoms. The lowest BCUT2D eigenvalue weighted by molar-refractivity contribution is 0.373. The molecule has 0 aromatic rings. The summed E-state index contributed by atoms with van der Waals surface area (Å²) in [4.78, 5) is 0.473. The lowest BCUT2D eigenvalue weighted by Gasteiger charge is -2.27. The third-order valence-corrected chi connectivity index (χ3v) is 6.00. The molecule has 1 aliphatic rings. The molecule has 0 bridgehead atoms. The molecule has 0 amide bonds. The zero-order chi connectivity index (χ0) is 11.5. The minimum Gasteiger partial charge on any atom is -0.215 e. The molecule has 0 aliphatic heterocycles. The molecule has 1 rings (SSSR count). The molecule has 5 heteroatoms. The molecule has 0 aromatic carbocycles. The molecule has 1 fully saturated rings. The van der Waals surface area contributed by atoms with Crippen LogP contribution in [0.2, 0.25) is 0 Å². The summed E-state index contributed by atoms with van der Waals surface area (Å²) >= 11 is 3.62. The molecule has 2 atom stereocenters. The van der Waals surface area contributed by atoms with E-state index < -0.39 is 10.0 Å². The van der Waals surface area contributed by atoms with Crippen molar-refractivity contribution in [3.05, 3.63) is 0 Å². The second-order valence-corrected chi connectivity index (χ2v) is 8.00. The number of nitrogens with one attached hydrogen (secondary N) is 1. The van der Waals surface area contributed by atoms with Crippen molar-refractivity contribution < 1.29 is 8.42 Å². The smallest absolute Gasteiger partial charge is 0.213 e. The quantitative estimate of drug-likeness (QED) is 0.809. The van der Waals surface area contributed by atoms with E-state index in [1.54, 1.807) is 13.8 Å². The first-order valence-electron chi connectivity index (χ1n) is 5.56. The van der Waals surface area contributed by atoms with Crippen LogP contribution in [0.1, 0.15) is 39.5 Å². The number of hydrogen-bond acceptors (Lipinski definition) is 2. The number of halogens is 1. The van der Waals surface area contributed by atoms with E-state index in [4.69, 9.17) is 0 Å². The number of rotatable bonds is 4. The maximum Gasteiger partial charge on any atom is 0.213 e. The minimum absolute atomic E-state index is 0.338. The first-order chi connectivity index (χ1) is 6.93. The Hall–Kier alpha value is 0.390. The molecule has 1 N–H and O–H groups in total. The van der Waals surface area contributed by atoms with Crippen LogP contribution in [0.15, 0.2) is 0 Å². The Labute approximate surface area is 101 Å². The van der Waals surface area contributed by atoms with Crippen LogP contribution in [-0.2, 0) is 10.0 Å². The summed E-state index contributed by atoms with van der Waals surface area (Å²) in [5.41, 5.74) is 0. The lowest BCUT2D eigenvalue weighted by Crippen LogP contribution is -2.37. The summed E-state index contributed by atoms with van der Waals surface area (Å²) < 4.78 is 25.8. The SMILES string of the molecule is CC(C)S(=O)(=O)NCC1CCCCC1Br. The summed E-state index contributed by atoms with van der Waals surface area (Å²) in [5, 5.41) is -0.338. The van der Waals surface area contributed by atoms with Gasteiger partial charge in [-0.2, -0.15) is 0 Å². The van der Waals surface area contributed by atoms with E-state index in [1.165, 1.54) is 12.8 Å². The van der Waals surface area contributed by atoms with Gasteiger partial charge in [0, 0.05) is 11.4 Å². The van der Waals surface area contributed by atoms with Crippen LogP contribution in [0.4, 0.5) is 0 Å². The van der Waals surface area contributed by atoms with Gasteiger partial charge in [-0.05, 0) is 32.6 Å². The highest BCUT2D eigenvalue weighted by Crippen LogP contribution is 2.29. The molecule has 1 saturated carbocycles. The van der Waals surface area contributed by atoms with E-state index in [0.29, 0.717) is 17.3 Å². The first kappa shape index (κ1) is 13.5. The predicted molar refractivity (Wildman–Crippen MR) is 66.7 cm³/mol. The van der Waals surface area contributed by atoms with Crippen LogP contribution in [0, 0.1) is 5.92 Å². The highest BCUT2D eigenvalue weighted by molar-refractivity contribution is 9.09. The van der Waals surface area contributed by atoms with Gasteiger partial charge in [-0.1, -0.05) is 28.8 Å². The Morgan fingerprint density at radius 1 is 1.33 bits per heavy atom.